The first-order valence-electron chi connectivity index (χ1n) is 6.75. The van der Waals surface area contributed by atoms with Gasteiger partial charge >= 0.3 is 4.87 Å². The van der Waals surface area contributed by atoms with Crippen molar-refractivity contribution in [3.63, 3.8) is 0 Å². The molecule has 0 fully saturated rings. The van der Waals surface area contributed by atoms with E-state index in [9.17, 15) is 14.4 Å². The summed E-state index contributed by atoms with van der Waals surface area (Å²) in [6.45, 7) is 3.43. The summed E-state index contributed by atoms with van der Waals surface area (Å²) >= 11 is 1.07. The molecule has 6 nitrogen and oxygen atoms in total. The number of rotatable bonds is 3. The maximum atomic E-state index is 12.3. The smallest absolute Gasteiger partial charge is 0.307 e. The van der Waals surface area contributed by atoms with Crippen LogP contribution in [0.25, 0.3) is 0 Å². The standard InChI is InChI=1S/C15H14N2O4S/c1-8-7-22-15(20)17(8)6-12(18)10-3-4-13-11(5-10)16-14(19)9(2)21-13/h3-5,7,9H,6H2,1-2H3,(H,16,19)/t9-/m0/s1. The number of Topliss-reactive ketones (excluding diaryl/α,β-unsaturated/α-hetero) is 1. The highest BCUT2D eigenvalue weighted by atomic mass is 32.1. The van der Waals surface area contributed by atoms with E-state index in [1.807, 2.05) is 0 Å². The Kier molecular flexibility index (Phi) is 3.58. The first-order valence-corrected chi connectivity index (χ1v) is 7.63. The van der Waals surface area contributed by atoms with Crippen LogP contribution in [0.1, 0.15) is 23.0 Å². The Hall–Kier alpha value is -2.41. The molecule has 0 aliphatic carbocycles. The number of benzene rings is 1. The molecular weight excluding hydrogens is 304 g/mol. The van der Waals surface area contributed by atoms with Crippen LogP contribution in [0.3, 0.4) is 0 Å². The molecule has 0 saturated heterocycles. The van der Waals surface area contributed by atoms with Crippen LogP contribution in [-0.4, -0.2) is 22.4 Å². The normalized spacial score (nSPS) is 16.6. The van der Waals surface area contributed by atoms with Gasteiger partial charge in [-0.05, 0) is 32.0 Å². The number of carbonyl (C=O) groups is 2. The van der Waals surface area contributed by atoms with Crippen LogP contribution in [0.2, 0.25) is 0 Å². The Labute approximate surface area is 130 Å². The van der Waals surface area contributed by atoms with Gasteiger partial charge in [0.1, 0.15) is 5.75 Å². The first kappa shape index (κ1) is 14.5. The number of ketones is 1. The summed E-state index contributed by atoms with van der Waals surface area (Å²) in [5.41, 5.74) is 1.66. The zero-order chi connectivity index (χ0) is 15.9. The number of thiazole rings is 1. The SMILES string of the molecule is Cc1csc(=O)n1CC(=O)c1ccc2c(c1)NC(=O)[C@H](C)O2. The number of hydrogen-bond donors (Lipinski definition) is 1. The van der Waals surface area contributed by atoms with E-state index in [1.165, 1.54) is 4.57 Å². The van der Waals surface area contributed by atoms with Crippen molar-refractivity contribution in [3.8, 4) is 5.75 Å². The van der Waals surface area contributed by atoms with Gasteiger partial charge in [-0.15, -0.1) is 0 Å². The average molecular weight is 318 g/mol. The summed E-state index contributed by atoms with van der Waals surface area (Å²) < 4.78 is 6.88. The minimum Gasteiger partial charge on any atom is -0.479 e. The lowest BCUT2D eigenvalue weighted by Crippen LogP contribution is -2.34. The van der Waals surface area contributed by atoms with Crippen molar-refractivity contribution in [3.05, 3.63) is 44.5 Å². The summed E-state index contributed by atoms with van der Waals surface area (Å²) in [5.74, 6) is 0.0915. The number of carbonyl (C=O) groups excluding carboxylic acids is 2. The number of nitrogens with zero attached hydrogens (tertiary/aromatic N) is 1. The molecule has 1 aliphatic rings. The second kappa shape index (κ2) is 5.42. The van der Waals surface area contributed by atoms with E-state index >= 15 is 0 Å². The van der Waals surface area contributed by atoms with Crippen LogP contribution in [0.5, 0.6) is 5.75 Å². The third-order valence-electron chi connectivity index (χ3n) is 3.51. The fraction of sp³-hybridized carbons (Fsp3) is 0.267. The molecule has 2 heterocycles. The molecule has 114 valence electrons. The maximum absolute atomic E-state index is 12.3. The summed E-state index contributed by atoms with van der Waals surface area (Å²) in [5, 5.41) is 4.42. The lowest BCUT2D eigenvalue weighted by molar-refractivity contribution is -0.122. The first-order chi connectivity index (χ1) is 10.5. The van der Waals surface area contributed by atoms with Gasteiger partial charge in [-0.2, -0.15) is 0 Å². The van der Waals surface area contributed by atoms with Crippen molar-refractivity contribution in [2.45, 2.75) is 26.5 Å². The van der Waals surface area contributed by atoms with Gasteiger partial charge in [0.05, 0.1) is 12.2 Å². The molecule has 0 radical (unpaired) electrons. The van der Waals surface area contributed by atoms with Crippen molar-refractivity contribution in [2.24, 2.45) is 0 Å². The predicted molar refractivity (Wildman–Crippen MR) is 82.8 cm³/mol. The van der Waals surface area contributed by atoms with Gasteiger partial charge in [0.2, 0.25) is 0 Å². The lowest BCUT2D eigenvalue weighted by atomic mass is 10.1. The third-order valence-corrected chi connectivity index (χ3v) is 4.39. The van der Waals surface area contributed by atoms with Gasteiger partial charge < -0.3 is 10.1 Å². The second-order valence-corrected chi connectivity index (χ2v) is 5.93. The molecule has 22 heavy (non-hydrogen) atoms. The molecule has 3 rings (SSSR count). The quantitative estimate of drug-likeness (QED) is 0.876. The average Bonchev–Trinajstić information content (AvgIpc) is 2.80. The van der Waals surface area contributed by atoms with E-state index in [2.05, 4.69) is 5.32 Å². The summed E-state index contributed by atoms with van der Waals surface area (Å²) in [4.78, 5) is 35.5. The highest BCUT2D eigenvalue weighted by Gasteiger charge is 2.24. The molecule has 1 amide bonds. The summed E-state index contributed by atoms with van der Waals surface area (Å²) in [7, 11) is 0. The second-order valence-electron chi connectivity index (χ2n) is 5.11. The Bertz CT molecular complexity index is 821. The fourth-order valence-corrected chi connectivity index (χ4v) is 2.95. The highest BCUT2D eigenvalue weighted by molar-refractivity contribution is 7.07. The molecule has 0 saturated carbocycles. The Morgan fingerprint density at radius 1 is 1.41 bits per heavy atom. The molecule has 0 unspecified atom stereocenters. The van der Waals surface area contributed by atoms with Gasteiger partial charge in [0.25, 0.3) is 5.91 Å². The molecule has 2 aromatic rings. The van der Waals surface area contributed by atoms with Crippen LogP contribution < -0.4 is 14.9 Å². The topological polar surface area (TPSA) is 77.4 Å². The van der Waals surface area contributed by atoms with Gasteiger partial charge in [-0.3, -0.25) is 19.0 Å². The van der Waals surface area contributed by atoms with Crippen LogP contribution in [0, 0.1) is 6.92 Å². The third kappa shape index (κ3) is 2.55. The minimum atomic E-state index is -0.555. The maximum Gasteiger partial charge on any atom is 0.307 e. The lowest BCUT2D eigenvalue weighted by Gasteiger charge is -2.23. The van der Waals surface area contributed by atoms with E-state index in [-0.39, 0.29) is 23.1 Å². The number of hydrogen-bond acceptors (Lipinski definition) is 5. The van der Waals surface area contributed by atoms with Crippen LogP contribution in [-0.2, 0) is 11.3 Å². The van der Waals surface area contributed by atoms with Gasteiger partial charge in [-0.25, -0.2) is 0 Å². The number of amides is 1. The van der Waals surface area contributed by atoms with Gasteiger partial charge in [0, 0.05) is 16.6 Å². The number of ether oxygens (including phenoxy) is 1. The largest absolute Gasteiger partial charge is 0.479 e. The fourth-order valence-electron chi connectivity index (χ4n) is 2.21. The van der Waals surface area contributed by atoms with Gasteiger partial charge in [-0.1, -0.05) is 11.3 Å². The Balaban J connectivity index is 1.87. The zero-order valence-corrected chi connectivity index (χ0v) is 12.9. The number of fused-ring (bicyclic) bond motifs is 1. The van der Waals surface area contributed by atoms with Crippen molar-refractivity contribution >= 4 is 28.7 Å². The van der Waals surface area contributed by atoms with Crippen LogP contribution in [0.4, 0.5) is 5.69 Å². The minimum absolute atomic E-state index is 0.0157. The van der Waals surface area contributed by atoms with E-state index in [0.717, 1.165) is 17.0 Å². The van der Waals surface area contributed by atoms with Gasteiger partial charge in [0.15, 0.2) is 11.9 Å². The summed E-state index contributed by atoms with van der Waals surface area (Å²) in [6, 6.07) is 4.87. The van der Waals surface area contributed by atoms with E-state index in [1.54, 1.807) is 37.4 Å². The van der Waals surface area contributed by atoms with Crippen molar-refractivity contribution in [1.82, 2.24) is 4.57 Å². The number of nitrogens with one attached hydrogen (secondary N) is 1. The molecule has 0 bridgehead atoms. The zero-order valence-electron chi connectivity index (χ0n) is 12.1. The molecule has 1 atom stereocenters. The number of anilines is 1. The molecule has 0 spiro atoms. The van der Waals surface area contributed by atoms with Crippen molar-refractivity contribution in [2.75, 3.05) is 5.32 Å². The number of aromatic nitrogens is 1. The van der Waals surface area contributed by atoms with Crippen LogP contribution >= 0.6 is 11.3 Å². The van der Waals surface area contributed by atoms with Crippen molar-refractivity contribution in [1.29, 1.82) is 0 Å². The molecule has 1 aromatic heterocycles. The monoisotopic (exact) mass is 318 g/mol. The molecular formula is C15H14N2O4S. The summed E-state index contributed by atoms with van der Waals surface area (Å²) in [6.07, 6.45) is -0.555. The Morgan fingerprint density at radius 2 is 2.18 bits per heavy atom. The van der Waals surface area contributed by atoms with E-state index in [4.69, 9.17) is 4.74 Å². The van der Waals surface area contributed by atoms with E-state index < -0.39 is 6.10 Å². The Morgan fingerprint density at radius 3 is 2.86 bits per heavy atom. The predicted octanol–water partition coefficient (Wildman–Crippen LogP) is 1.82. The van der Waals surface area contributed by atoms with E-state index in [0.29, 0.717) is 17.0 Å². The molecule has 1 aliphatic heterocycles. The van der Waals surface area contributed by atoms with Crippen molar-refractivity contribution < 1.29 is 14.3 Å². The molecule has 1 N–H and O–H groups in total. The molecule has 7 heteroatoms. The highest BCUT2D eigenvalue weighted by Crippen LogP contribution is 2.30. The van der Waals surface area contributed by atoms with Crippen LogP contribution in [0.15, 0.2) is 28.4 Å². The number of aryl methyl sites for hydroxylation is 1. The molecule has 1 aromatic carbocycles.